The first-order chi connectivity index (χ1) is 12.4. The van der Waals surface area contributed by atoms with Crippen LogP contribution < -0.4 is 15.4 Å². The topological polar surface area (TPSA) is 66.9 Å². The quantitative estimate of drug-likeness (QED) is 0.655. The highest BCUT2D eigenvalue weighted by Crippen LogP contribution is 2.28. The van der Waals surface area contributed by atoms with Crippen LogP contribution in [0.1, 0.15) is 4.88 Å². The fraction of sp³-hybridized carbons (Fsp3) is 0.0556. The van der Waals surface area contributed by atoms with E-state index in [1.54, 1.807) is 41.9 Å². The molecular weight excluding hydrogens is 438 g/mol. The van der Waals surface area contributed by atoms with Crippen LogP contribution in [-0.2, 0) is 11.8 Å². The average Bonchev–Trinajstić information content (AvgIpc) is 3.07. The molecule has 4 rings (SSSR count). The Bertz CT molecular complexity index is 1240. The minimum Gasteiger partial charge on any atom is -0.493 e. The number of halogens is 2. The van der Waals surface area contributed by atoms with Crippen LogP contribution in [0.4, 0.5) is 5.69 Å². The summed E-state index contributed by atoms with van der Waals surface area (Å²) >= 11 is 10.5. The molecule has 0 fully saturated rings. The summed E-state index contributed by atoms with van der Waals surface area (Å²) in [6.45, 7) is 0. The molecule has 0 bridgehead atoms. The van der Waals surface area contributed by atoms with Gasteiger partial charge in [0.25, 0.3) is 5.91 Å². The van der Waals surface area contributed by atoms with Crippen molar-refractivity contribution >= 4 is 56.0 Å². The third kappa shape index (κ3) is 2.92. The molecule has 1 aliphatic heterocycles. The summed E-state index contributed by atoms with van der Waals surface area (Å²) in [4.78, 5) is 22.0. The molecule has 26 heavy (non-hydrogen) atoms. The van der Waals surface area contributed by atoms with Gasteiger partial charge in [0.2, 0.25) is 5.88 Å². The van der Waals surface area contributed by atoms with Crippen molar-refractivity contribution in [1.29, 1.82) is 0 Å². The molecule has 2 aromatic carbocycles. The van der Waals surface area contributed by atoms with E-state index in [1.807, 2.05) is 12.1 Å². The predicted octanol–water partition coefficient (Wildman–Crippen LogP) is 2.80. The first-order valence-corrected chi connectivity index (χ1v) is 9.55. The SMILES string of the molecule is Cn1c(O)c(C2=c3cc(Br)ccc3=NC2=O)sc1=Nc1ccc(Cl)cc1. The molecule has 1 amide bonds. The number of carbonyl (C=O) groups is 1. The Morgan fingerprint density at radius 1 is 1.23 bits per heavy atom. The predicted molar refractivity (Wildman–Crippen MR) is 104 cm³/mol. The van der Waals surface area contributed by atoms with Crippen molar-refractivity contribution in [2.45, 2.75) is 0 Å². The number of hydrogen-bond acceptors (Lipinski definition) is 4. The third-order valence-corrected chi connectivity index (χ3v) is 5.83. The van der Waals surface area contributed by atoms with E-state index in [9.17, 15) is 9.90 Å². The summed E-state index contributed by atoms with van der Waals surface area (Å²) in [5, 5.41) is 12.5. The van der Waals surface area contributed by atoms with E-state index in [0.29, 0.717) is 36.5 Å². The highest BCUT2D eigenvalue weighted by molar-refractivity contribution is 9.10. The molecule has 1 aromatic heterocycles. The molecule has 0 radical (unpaired) electrons. The maximum absolute atomic E-state index is 12.4. The zero-order valence-corrected chi connectivity index (χ0v) is 16.6. The lowest BCUT2D eigenvalue weighted by atomic mass is 10.1. The fourth-order valence-electron chi connectivity index (χ4n) is 2.64. The maximum Gasteiger partial charge on any atom is 0.279 e. The van der Waals surface area contributed by atoms with E-state index in [-0.39, 0.29) is 11.8 Å². The zero-order chi connectivity index (χ0) is 18.4. The molecule has 0 atom stereocenters. The molecule has 5 nitrogen and oxygen atoms in total. The Morgan fingerprint density at radius 3 is 2.69 bits per heavy atom. The van der Waals surface area contributed by atoms with Crippen LogP contribution in [-0.4, -0.2) is 15.6 Å². The van der Waals surface area contributed by atoms with Gasteiger partial charge in [-0.15, -0.1) is 0 Å². The van der Waals surface area contributed by atoms with Crippen LogP contribution >= 0.6 is 38.9 Å². The first-order valence-electron chi connectivity index (χ1n) is 7.56. The van der Waals surface area contributed by atoms with Gasteiger partial charge in [0.1, 0.15) is 4.88 Å². The van der Waals surface area contributed by atoms with Crippen molar-refractivity contribution in [3.8, 4) is 5.88 Å². The van der Waals surface area contributed by atoms with Crippen molar-refractivity contribution in [2.75, 3.05) is 0 Å². The smallest absolute Gasteiger partial charge is 0.279 e. The number of carbonyl (C=O) groups excluding carboxylic acids is 1. The van der Waals surface area contributed by atoms with Gasteiger partial charge in [-0.05, 0) is 42.5 Å². The van der Waals surface area contributed by atoms with Crippen molar-refractivity contribution in [3.63, 3.8) is 0 Å². The van der Waals surface area contributed by atoms with Crippen molar-refractivity contribution in [2.24, 2.45) is 17.0 Å². The van der Waals surface area contributed by atoms with Crippen molar-refractivity contribution in [3.05, 3.63) is 72.2 Å². The van der Waals surface area contributed by atoms with Crippen LogP contribution in [0.5, 0.6) is 5.88 Å². The summed E-state index contributed by atoms with van der Waals surface area (Å²) in [5.41, 5.74) is 1.09. The van der Waals surface area contributed by atoms with E-state index in [0.717, 1.165) is 4.47 Å². The molecule has 1 N–H and O–H groups in total. The number of rotatable bonds is 2. The molecule has 0 saturated carbocycles. The van der Waals surface area contributed by atoms with E-state index >= 15 is 0 Å². The summed E-state index contributed by atoms with van der Waals surface area (Å²) < 4.78 is 2.38. The molecule has 0 spiro atoms. The van der Waals surface area contributed by atoms with Crippen LogP contribution in [0.25, 0.3) is 5.57 Å². The molecule has 0 unspecified atom stereocenters. The second-order valence-electron chi connectivity index (χ2n) is 5.64. The first kappa shape index (κ1) is 17.2. The van der Waals surface area contributed by atoms with E-state index in [1.165, 1.54) is 11.3 Å². The standard InChI is InChI=1S/C18H11BrClN3O2S/c1-23-17(25)15(26-18(23)21-11-5-3-10(20)4-6-11)14-12-8-9(19)2-7-13(12)22-16(14)24/h2-8,25H,1H3. The lowest BCUT2D eigenvalue weighted by Crippen LogP contribution is -2.22. The number of nitrogens with zero attached hydrogens (tertiary/aromatic N) is 3. The Hall–Kier alpha value is -2.22. The second-order valence-corrected chi connectivity index (χ2v) is 7.97. The number of benzene rings is 2. The largest absolute Gasteiger partial charge is 0.493 e. The summed E-state index contributed by atoms with van der Waals surface area (Å²) in [7, 11) is 1.70. The van der Waals surface area contributed by atoms with Gasteiger partial charge in [0.15, 0.2) is 4.80 Å². The molecule has 0 saturated heterocycles. The Morgan fingerprint density at radius 2 is 1.96 bits per heavy atom. The van der Waals surface area contributed by atoms with Gasteiger partial charge in [0.05, 0.1) is 16.6 Å². The zero-order valence-electron chi connectivity index (χ0n) is 13.4. The van der Waals surface area contributed by atoms with E-state index in [2.05, 4.69) is 25.9 Å². The lowest BCUT2D eigenvalue weighted by molar-refractivity contribution is -0.112. The lowest BCUT2D eigenvalue weighted by Gasteiger charge is -1.99. The second kappa shape index (κ2) is 6.50. The van der Waals surface area contributed by atoms with Crippen LogP contribution in [0, 0.1) is 0 Å². The Labute approximate surface area is 165 Å². The summed E-state index contributed by atoms with van der Waals surface area (Å²) in [6.07, 6.45) is 0. The number of fused-ring (bicyclic) bond motifs is 1. The molecule has 8 heteroatoms. The maximum atomic E-state index is 12.4. The van der Waals surface area contributed by atoms with Crippen LogP contribution in [0.3, 0.4) is 0 Å². The number of amides is 1. The highest BCUT2D eigenvalue weighted by Gasteiger charge is 2.24. The van der Waals surface area contributed by atoms with Gasteiger partial charge in [-0.1, -0.05) is 38.9 Å². The molecule has 2 heterocycles. The van der Waals surface area contributed by atoms with Gasteiger partial charge in [-0.25, -0.2) is 9.98 Å². The number of aromatic nitrogens is 1. The van der Waals surface area contributed by atoms with Gasteiger partial charge < -0.3 is 5.11 Å². The monoisotopic (exact) mass is 447 g/mol. The van der Waals surface area contributed by atoms with Crippen LogP contribution in [0.15, 0.2) is 56.9 Å². The van der Waals surface area contributed by atoms with Gasteiger partial charge in [-0.3, -0.25) is 9.36 Å². The van der Waals surface area contributed by atoms with Gasteiger partial charge in [-0.2, -0.15) is 0 Å². The molecule has 3 aromatic rings. The Balaban J connectivity index is 1.95. The van der Waals surface area contributed by atoms with E-state index < -0.39 is 0 Å². The van der Waals surface area contributed by atoms with Crippen LogP contribution in [0.2, 0.25) is 5.02 Å². The summed E-state index contributed by atoms with van der Waals surface area (Å²) in [6, 6.07) is 12.5. The number of thiazole rings is 1. The van der Waals surface area contributed by atoms with Crippen molar-refractivity contribution < 1.29 is 9.90 Å². The molecule has 130 valence electrons. The van der Waals surface area contributed by atoms with Gasteiger partial charge >= 0.3 is 0 Å². The normalized spacial score (nSPS) is 13.9. The highest BCUT2D eigenvalue weighted by atomic mass is 79.9. The molecule has 1 aliphatic rings. The average molecular weight is 449 g/mol. The summed E-state index contributed by atoms with van der Waals surface area (Å²) in [5.74, 6) is -0.387. The Kier molecular flexibility index (Phi) is 4.30. The van der Waals surface area contributed by atoms with Crippen molar-refractivity contribution in [1.82, 2.24) is 4.57 Å². The van der Waals surface area contributed by atoms with E-state index in [4.69, 9.17) is 11.6 Å². The number of hydrogen-bond donors (Lipinski definition) is 1. The molecular formula is C18H11BrClN3O2S. The molecule has 0 aliphatic carbocycles. The minimum atomic E-state index is -0.367. The fourth-order valence-corrected chi connectivity index (χ4v) is 4.21. The third-order valence-electron chi connectivity index (χ3n) is 3.94. The minimum absolute atomic E-state index is 0.0194. The number of aromatic hydroxyl groups is 1. The van der Waals surface area contributed by atoms with Gasteiger partial charge in [0, 0.05) is 21.8 Å².